The Bertz CT molecular complexity index is 599. The van der Waals surface area contributed by atoms with E-state index < -0.39 is 0 Å². The molecule has 0 rings (SSSR count). The van der Waals surface area contributed by atoms with Gasteiger partial charge in [-0.3, -0.25) is 24.2 Å². The molecular formula is C23H49N5O4S4. The van der Waals surface area contributed by atoms with Crippen LogP contribution < -0.4 is 16.0 Å². The average Bonchev–Trinajstić information content (AvgIpc) is 2.84. The molecule has 0 radical (unpaired) electrons. The second kappa shape index (κ2) is 32.0. The molecule has 36 heavy (non-hydrogen) atoms. The summed E-state index contributed by atoms with van der Waals surface area (Å²) in [7, 11) is 3.47. The van der Waals surface area contributed by atoms with Gasteiger partial charge in [-0.2, -0.15) is 47.0 Å². The minimum absolute atomic E-state index is 0.0440. The third kappa shape index (κ3) is 35.1. The second-order valence-corrected chi connectivity index (χ2v) is 10.8. The van der Waals surface area contributed by atoms with E-state index in [2.05, 4.69) is 20.9 Å². The first-order chi connectivity index (χ1) is 16.9. The molecule has 0 fully saturated rings. The molecule has 1 unspecified atom stereocenters. The number of rotatable bonds is 12. The van der Waals surface area contributed by atoms with Gasteiger partial charge in [0.15, 0.2) is 0 Å². The number of hydrogen-bond acceptors (Lipinski definition) is 9. The van der Waals surface area contributed by atoms with Crippen molar-refractivity contribution < 1.29 is 19.2 Å². The zero-order valence-corrected chi connectivity index (χ0v) is 27.2. The maximum Gasteiger partial charge on any atom is 0.232 e. The maximum atomic E-state index is 10.9. The summed E-state index contributed by atoms with van der Waals surface area (Å²) < 4.78 is 0. The van der Waals surface area contributed by atoms with Gasteiger partial charge in [-0.05, 0) is 59.6 Å². The Morgan fingerprint density at radius 2 is 1.33 bits per heavy atom. The third-order valence-corrected chi connectivity index (χ3v) is 6.29. The van der Waals surface area contributed by atoms with Crippen molar-refractivity contribution in [3.8, 4) is 0 Å². The van der Waals surface area contributed by atoms with Gasteiger partial charge in [0.1, 0.15) is 6.67 Å². The topological polar surface area (TPSA) is 120 Å². The summed E-state index contributed by atoms with van der Waals surface area (Å²) in [6.45, 7) is 11.5. The fourth-order valence-electron chi connectivity index (χ4n) is 1.57. The molecule has 0 saturated heterocycles. The molecule has 0 aromatic carbocycles. The van der Waals surface area contributed by atoms with Gasteiger partial charge in [0.2, 0.25) is 23.6 Å². The van der Waals surface area contributed by atoms with Gasteiger partial charge in [-0.25, -0.2) is 0 Å². The summed E-state index contributed by atoms with van der Waals surface area (Å²) in [5.74, 6) is 2.17. The van der Waals surface area contributed by atoms with E-state index in [0.29, 0.717) is 23.9 Å². The van der Waals surface area contributed by atoms with Crippen LogP contribution in [0.1, 0.15) is 34.6 Å². The average molecular weight is 588 g/mol. The third-order valence-electron chi connectivity index (χ3n) is 3.73. The van der Waals surface area contributed by atoms with Crippen molar-refractivity contribution in [3.63, 3.8) is 0 Å². The number of aliphatic imine (C=N–C) groups is 1. The molecule has 0 aliphatic rings. The monoisotopic (exact) mass is 587 g/mol. The van der Waals surface area contributed by atoms with Crippen LogP contribution in [0.15, 0.2) is 4.99 Å². The lowest BCUT2D eigenvalue weighted by molar-refractivity contribution is -0.127. The van der Waals surface area contributed by atoms with Crippen molar-refractivity contribution >= 4 is 76.4 Å². The first-order valence-corrected chi connectivity index (χ1v) is 16.8. The molecule has 214 valence electrons. The first kappa shape index (κ1) is 42.1. The molecular weight excluding hydrogens is 539 g/mol. The number of nitrogens with one attached hydrogen (secondary N) is 3. The molecule has 1 atom stereocenters. The highest BCUT2D eigenvalue weighted by Gasteiger charge is 2.06. The van der Waals surface area contributed by atoms with E-state index in [1.807, 2.05) is 66.7 Å². The normalized spacial score (nSPS) is 9.86. The van der Waals surface area contributed by atoms with Crippen LogP contribution in [0, 0.1) is 0 Å². The minimum Gasteiger partial charge on any atom is -0.358 e. The number of carbonyl (C=O) groups is 4. The highest BCUT2D eigenvalue weighted by Crippen LogP contribution is 2.03. The molecule has 4 amide bonds. The van der Waals surface area contributed by atoms with Crippen molar-refractivity contribution in [3.05, 3.63) is 0 Å². The fraction of sp³-hybridized carbons (Fsp3) is 0.783. The van der Waals surface area contributed by atoms with Crippen molar-refractivity contribution in [1.82, 2.24) is 20.9 Å². The van der Waals surface area contributed by atoms with E-state index in [0.717, 1.165) is 18.8 Å². The van der Waals surface area contributed by atoms with E-state index in [9.17, 15) is 19.2 Å². The zero-order chi connectivity index (χ0) is 28.9. The standard InChI is InChI=1S/C7H14N2OS.C6H13NOS.2C5H11NOS/c1-6(2)8-5-9-7(10)4-11-3;1-4-7(2)6(8)5-9-3;1-4(8-3)5(7)6-2;1-3-6-5(7)4-8-2/h4-5H2,1-3H3,(H,9,10);4-5H2,1-3H3;4H,1-3H3,(H,6,7);3-4H2,1-2H3,(H,6,7). The molecule has 0 aliphatic carbocycles. The molecule has 0 spiro atoms. The largest absolute Gasteiger partial charge is 0.358 e. The zero-order valence-electron chi connectivity index (χ0n) is 24.0. The van der Waals surface area contributed by atoms with Crippen LogP contribution in [-0.4, -0.2) is 116 Å². The summed E-state index contributed by atoms with van der Waals surface area (Å²) >= 11 is 6.15. The number of thioether (sulfide) groups is 4. The lowest BCUT2D eigenvalue weighted by Crippen LogP contribution is -2.27. The predicted molar refractivity (Wildman–Crippen MR) is 166 cm³/mol. The Hall–Kier alpha value is -1.05. The van der Waals surface area contributed by atoms with Gasteiger partial charge in [0.05, 0.1) is 22.5 Å². The van der Waals surface area contributed by atoms with Crippen molar-refractivity contribution in [2.24, 2.45) is 4.99 Å². The Kier molecular flexibility index (Phi) is 37.4. The SMILES string of the molecule is CCN(C)C(=O)CSC.CCNC(=O)CSC.CNC(=O)C(C)SC.CSCC(=O)NCN=C(C)C. The molecule has 13 heteroatoms. The van der Waals surface area contributed by atoms with Gasteiger partial charge in [0.25, 0.3) is 0 Å². The number of carbonyl (C=O) groups excluding carboxylic acids is 4. The van der Waals surface area contributed by atoms with Gasteiger partial charge < -0.3 is 20.9 Å². The van der Waals surface area contributed by atoms with E-state index in [1.165, 1.54) is 23.5 Å². The van der Waals surface area contributed by atoms with Gasteiger partial charge in [-0.1, -0.05) is 0 Å². The van der Waals surface area contributed by atoms with E-state index >= 15 is 0 Å². The van der Waals surface area contributed by atoms with Crippen molar-refractivity contribution in [2.45, 2.75) is 39.9 Å². The molecule has 3 N–H and O–H groups in total. The van der Waals surface area contributed by atoms with Crippen LogP contribution in [-0.2, 0) is 19.2 Å². The molecule has 0 aliphatic heterocycles. The summed E-state index contributed by atoms with van der Waals surface area (Å²) in [6.07, 6.45) is 7.66. The molecule has 0 aromatic heterocycles. The van der Waals surface area contributed by atoms with Crippen LogP contribution >= 0.6 is 47.0 Å². The Morgan fingerprint density at radius 3 is 1.64 bits per heavy atom. The number of amides is 4. The Labute approximate surface area is 236 Å². The fourth-order valence-corrected chi connectivity index (χ4v) is 3.10. The van der Waals surface area contributed by atoms with Crippen LogP contribution in [0.25, 0.3) is 0 Å². The van der Waals surface area contributed by atoms with E-state index in [-0.39, 0.29) is 28.9 Å². The van der Waals surface area contributed by atoms with Crippen LogP contribution in [0.2, 0.25) is 0 Å². The maximum absolute atomic E-state index is 10.9. The smallest absolute Gasteiger partial charge is 0.232 e. The van der Waals surface area contributed by atoms with E-state index in [4.69, 9.17) is 0 Å². The molecule has 0 bridgehead atoms. The van der Waals surface area contributed by atoms with Crippen molar-refractivity contribution in [2.75, 3.05) is 76.1 Å². The molecule has 0 saturated carbocycles. The van der Waals surface area contributed by atoms with Gasteiger partial charge in [0, 0.05) is 32.9 Å². The minimum atomic E-state index is 0.0440. The predicted octanol–water partition coefficient (Wildman–Crippen LogP) is 2.70. The van der Waals surface area contributed by atoms with Gasteiger partial charge in [-0.15, -0.1) is 0 Å². The van der Waals surface area contributed by atoms with Crippen LogP contribution in [0.5, 0.6) is 0 Å². The summed E-state index contributed by atoms with van der Waals surface area (Å²) in [5.41, 5.74) is 0.981. The lowest BCUT2D eigenvalue weighted by atomic mass is 10.4. The quantitative estimate of drug-likeness (QED) is 0.298. The molecule has 9 nitrogen and oxygen atoms in total. The number of nitrogens with zero attached hydrogens (tertiary/aromatic N) is 2. The van der Waals surface area contributed by atoms with Gasteiger partial charge >= 0.3 is 0 Å². The van der Waals surface area contributed by atoms with Crippen molar-refractivity contribution in [1.29, 1.82) is 0 Å². The highest BCUT2D eigenvalue weighted by molar-refractivity contribution is 8.00. The second-order valence-electron chi connectivity index (χ2n) is 7.02. The molecule has 0 heterocycles. The summed E-state index contributed by atoms with van der Waals surface area (Å²) in [4.78, 5) is 48.6. The summed E-state index contributed by atoms with van der Waals surface area (Å²) in [6, 6.07) is 0. The first-order valence-electron chi connectivity index (χ1n) is 11.4. The highest BCUT2D eigenvalue weighted by atomic mass is 32.2. The van der Waals surface area contributed by atoms with Crippen LogP contribution in [0.4, 0.5) is 0 Å². The number of hydrogen-bond donors (Lipinski definition) is 3. The van der Waals surface area contributed by atoms with Crippen LogP contribution in [0.3, 0.4) is 0 Å². The Morgan fingerprint density at radius 1 is 0.861 bits per heavy atom. The van der Waals surface area contributed by atoms with E-state index in [1.54, 1.807) is 35.5 Å². The Balaban J connectivity index is -0.000000191. The lowest BCUT2D eigenvalue weighted by Gasteiger charge is -2.12. The molecule has 0 aromatic rings. The summed E-state index contributed by atoms with van der Waals surface area (Å²) in [5, 5.41) is 7.99.